The molecule has 1 aliphatic rings. The molecule has 0 amide bonds. The second-order valence-corrected chi connectivity index (χ2v) is 5.77. The summed E-state index contributed by atoms with van der Waals surface area (Å²) in [5.74, 6) is 1.15. The van der Waals surface area contributed by atoms with E-state index in [0.717, 1.165) is 44.4 Å². The molecule has 0 saturated carbocycles. The number of nitrogens with one attached hydrogen (secondary N) is 2. The van der Waals surface area contributed by atoms with Crippen molar-refractivity contribution in [2.24, 2.45) is 10.9 Å². The van der Waals surface area contributed by atoms with Crippen molar-refractivity contribution in [3.63, 3.8) is 0 Å². The molecule has 1 saturated heterocycles. The van der Waals surface area contributed by atoms with Gasteiger partial charge in [0.05, 0.1) is 6.61 Å². The van der Waals surface area contributed by atoms with Crippen molar-refractivity contribution in [1.82, 2.24) is 20.2 Å². The Kier molecular flexibility index (Phi) is 6.80. The predicted octanol–water partition coefficient (Wildman–Crippen LogP) is 1.45. The molecule has 7 nitrogen and oxygen atoms in total. The smallest absolute Gasteiger partial charge is 0.381 e. The summed E-state index contributed by atoms with van der Waals surface area (Å²) in [4.78, 5) is 13.5. The monoisotopic (exact) mass is 360 g/mol. The number of guanidine groups is 1. The molecule has 2 heterocycles. The van der Waals surface area contributed by atoms with E-state index in [4.69, 9.17) is 4.74 Å². The van der Waals surface area contributed by atoms with E-state index in [1.54, 1.807) is 7.05 Å². The molecule has 0 spiro atoms. The van der Waals surface area contributed by atoms with E-state index in [0.29, 0.717) is 19.0 Å². The van der Waals surface area contributed by atoms with Gasteiger partial charge in [-0.1, -0.05) is 0 Å². The normalized spacial score (nSPS) is 18.3. The number of hydrogen-bond donors (Lipinski definition) is 2. The molecule has 0 aliphatic carbocycles. The van der Waals surface area contributed by atoms with Gasteiger partial charge in [-0.25, -0.2) is 9.97 Å². The van der Waals surface area contributed by atoms with Crippen LogP contribution in [0.4, 0.5) is 19.1 Å². The number of ether oxygens (including phenoxy) is 1. The Morgan fingerprint density at radius 3 is 2.88 bits per heavy atom. The Labute approximate surface area is 144 Å². The molecule has 0 radical (unpaired) electrons. The first kappa shape index (κ1) is 19.2. The number of aromatic nitrogens is 2. The fourth-order valence-electron chi connectivity index (χ4n) is 2.54. The molecular weight excluding hydrogens is 337 g/mol. The summed E-state index contributed by atoms with van der Waals surface area (Å²) in [5.41, 5.74) is -0.965. The van der Waals surface area contributed by atoms with Crippen LogP contribution in [0.5, 0.6) is 0 Å². The maximum Gasteiger partial charge on any atom is 0.433 e. The average Bonchev–Trinajstić information content (AvgIpc) is 3.07. The van der Waals surface area contributed by atoms with Crippen LogP contribution in [0.25, 0.3) is 0 Å². The molecule has 25 heavy (non-hydrogen) atoms. The minimum atomic E-state index is -4.48. The largest absolute Gasteiger partial charge is 0.433 e. The maximum absolute atomic E-state index is 12.6. The van der Waals surface area contributed by atoms with E-state index in [-0.39, 0.29) is 5.95 Å². The summed E-state index contributed by atoms with van der Waals surface area (Å²) in [7, 11) is 3.63. The van der Waals surface area contributed by atoms with Crippen LogP contribution < -0.4 is 10.6 Å². The minimum Gasteiger partial charge on any atom is -0.381 e. The van der Waals surface area contributed by atoms with Crippen molar-refractivity contribution in [3.8, 4) is 0 Å². The number of hydrogen-bond acceptors (Lipinski definition) is 5. The Hall–Kier alpha value is -2.10. The molecule has 1 unspecified atom stereocenters. The van der Waals surface area contributed by atoms with Gasteiger partial charge in [-0.15, -0.1) is 0 Å². The lowest BCUT2D eigenvalue weighted by Gasteiger charge is -2.24. The van der Waals surface area contributed by atoms with Gasteiger partial charge in [0.15, 0.2) is 5.96 Å². The summed E-state index contributed by atoms with van der Waals surface area (Å²) in [6.45, 7) is 3.23. The van der Waals surface area contributed by atoms with Crippen LogP contribution in [0.1, 0.15) is 12.1 Å². The highest BCUT2D eigenvalue weighted by atomic mass is 19.4. The fraction of sp³-hybridized carbons (Fsp3) is 0.667. The van der Waals surface area contributed by atoms with Crippen LogP contribution in [-0.4, -0.2) is 67.8 Å². The van der Waals surface area contributed by atoms with Crippen LogP contribution >= 0.6 is 0 Å². The first-order chi connectivity index (χ1) is 11.9. The van der Waals surface area contributed by atoms with Gasteiger partial charge in [0, 0.05) is 52.5 Å². The first-order valence-corrected chi connectivity index (χ1v) is 8.04. The van der Waals surface area contributed by atoms with Crippen LogP contribution in [0.2, 0.25) is 0 Å². The second kappa shape index (κ2) is 8.84. The molecule has 140 valence electrons. The van der Waals surface area contributed by atoms with E-state index in [2.05, 4.69) is 25.6 Å². The SMILES string of the molecule is CN=C(NCCNc1nccc(C(F)(F)F)n1)N(C)CC1CCOC1. The van der Waals surface area contributed by atoms with Gasteiger partial charge in [-0.2, -0.15) is 13.2 Å². The van der Waals surface area contributed by atoms with Crippen molar-refractivity contribution in [2.75, 3.05) is 52.3 Å². The highest BCUT2D eigenvalue weighted by molar-refractivity contribution is 5.79. The van der Waals surface area contributed by atoms with Crippen molar-refractivity contribution in [3.05, 3.63) is 18.0 Å². The number of aliphatic imine (C=N–C) groups is 1. The Morgan fingerprint density at radius 1 is 1.44 bits per heavy atom. The zero-order chi connectivity index (χ0) is 18.3. The molecular formula is C15H23F3N6O. The maximum atomic E-state index is 12.6. The summed E-state index contributed by atoms with van der Waals surface area (Å²) < 4.78 is 43.2. The Bertz CT molecular complexity index is 575. The number of rotatable bonds is 6. The van der Waals surface area contributed by atoms with E-state index in [1.807, 2.05) is 11.9 Å². The van der Waals surface area contributed by atoms with Crippen molar-refractivity contribution in [2.45, 2.75) is 12.6 Å². The summed E-state index contributed by atoms with van der Waals surface area (Å²) >= 11 is 0. The topological polar surface area (TPSA) is 74.7 Å². The van der Waals surface area contributed by atoms with Crippen molar-refractivity contribution in [1.29, 1.82) is 0 Å². The summed E-state index contributed by atoms with van der Waals surface area (Å²) in [5, 5.41) is 5.92. The minimum absolute atomic E-state index is 0.0527. The van der Waals surface area contributed by atoms with Gasteiger partial charge in [0.25, 0.3) is 0 Å². The quantitative estimate of drug-likeness (QED) is 0.454. The lowest BCUT2D eigenvalue weighted by molar-refractivity contribution is -0.141. The first-order valence-electron chi connectivity index (χ1n) is 8.04. The molecule has 2 rings (SSSR count). The van der Waals surface area contributed by atoms with Gasteiger partial charge < -0.3 is 20.3 Å². The van der Waals surface area contributed by atoms with Gasteiger partial charge in [-0.05, 0) is 12.5 Å². The number of nitrogens with zero attached hydrogens (tertiary/aromatic N) is 4. The number of halogens is 3. The summed E-state index contributed by atoms with van der Waals surface area (Å²) in [6.07, 6.45) is -2.36. The van der Waals surface area contributed by atoms with E-state index >= 15 is 0 Å². The summed E-state index contributed by atoms with van der Waals surface area (Å²) in [6, 6.07) is 0.840. The van der Waals surface area contributed by atoms with Crippen LogP contribution in [-0.2, 0) is 10.9 Å². The zero-order valence-electron chi connectivity index (χ0n) is 14.3. The molecule has 2 N–H and O–H groups in total. The van der Waals surface area contributed by atoms with Crippen molar-refractivity contribution >= 4 is 11.9 Å². The lowest BCUT2D eigenvalue weighted by atomic mass is 10.1. The highest BCUT2D eigenvalue weighted by Crippen LogP contribution is 2.27. The van der Waals surface area contributed by atoms with E-state index in [1.165, 1.54) is 0 Å². The molecule has 10 heteroatoms. The standard InChI is InChI=1S/C15H23F3N6O/c1-19-14(24(2)9-11-4-8-25-10-11)22-7-6-21-13-20-5-3-12(23-13)15(16,17)18/h3,5,11H,4,6-10H2,1-2H3,(H,19,22)(H,20,21,23). The third-order valence-corrected chi connectivity index (χ3v) is 3.77. The Balaban J connectivity index is 1.75. The predicted molar refractivity (Wildman–Crippen MR) is 88.4 cm³/mol. The third kappa shape index (κ3) is 6.04. The van der Waals surface area contributed by atoms with Gasteiger partial charge >= 0.3 is 6.18 Å². The average molecular weight is 360 g/mol. The van der Waals surface area contributed by atoms with Crippen LogP contribution in [0.15, 0.2) is 17.3 Å². The van der Waals surface area contributed by atoms with Gasteiger partial charge in [0.1, 0.15) is 5.69 Å². The number of anilines is 1. The second-order valence-electron chi connectivity index (χ2n) is 5.77. The molecule has 1 aliphatic heterocycles. The number of alkyl halides is 3. The van der Waals surface area contributed by atoms with Crippen molar-refractivity contribution < 1.29 is 17.9 Å². The zero-order valence-corrected chi connectivity index (χ0v) is 14.3. The molecule has 1 aromatic rings. The molecule has 1 atom stereocenters. The van der Waals surface area contributed by atoms with Crippen LogP contribution in [0.3, 0.4) is 0 Å². The molecule has 1 fully saturated rings. The Morgan fingerprint density at radius 2 is 2.24 bits per heavy atom. The van der Waals surface area contributed by atoms with Crippen LogP contribution in [0, 0.1) is 5.92 Å². The molecule has 0 aromatic carbocycles. The van der Waals surface area contributed by atoms with Gasteiger partial charge in [0.2, 0.25) is 5.95 Å². The van der Waals surface area contributed by atoms with Gasteiger partial charge in [-0.3, -0.25) is 4.99 Å². The van der Waals surface area contributed by atoms with E-state index in [9.17, 15) is 13.2 Å². The molecule has 0 bridgehead atoms. The highest BCUT2D eigenvalue weighted by Gasteiger charge is 2.32. The third-order valence-electron chi connectivity index (χ3n) is 3.77. The van der Waals surface area contributed by atoms with E-state index < -0.39 is 11.9 Å². The molecule has 1 aromatic heterocycles. The lowest BCUT2D eigenvalue weighted by Crippen LogP contribution is -2.43. The fourth-order valence-corrected chi connectivity index (χ4v) is 2.54.